The zero-order chi connectivity index (χ0) is 17.7. The van der Waals surface area contributed by atoms with Gasteiger partial charge in [0.1, 0.15) is 5.75 Å². The van der Waals surface area contributed by atoms with E-state index in [1.54, 1.807) is 32.2 Å². The third kappa shape index (κ3) is 1.97. The summed E-state index contributed by atoms with van der Waals surface area (Å²) in [4.78, 5) is 25.3. The lowest BCUT2D eigenvalue weighted by molar-refractivity contribution is 0.0601. The van der Waals surface area contributed by atoms with Gasteiger partial charge in [-0.05, 0) is 37.3 Å². The molecule has 2 heterocycles. The van der Waals surface area contributed by atoms with Crippen LogP contribution in [0.3, 0.4) is 0 Å². The SMILES string of the molecule is COC(=O)c1c(C)n2c(=O)c3ccccc3n2c2ccc(OC)cc12. The summed E-state index contributed by atoms with van der Waals surface area (Å²) in [6.45, 7) is 1.74. The second-order valence-electron chi connectivity index (χ2n) is 5.78. The summed E-state index contributed by atoms with van der Waals surface area (Å²) in [5.41, 5.74) is 2.21. The number of carbonyl (C=O) groups is 1. The van der Waals surface area contributed by atoms with E-state index in [-0.39, 0.29) is 5.56 Å². The second kappa shape index (κ2) is 5.37. The maximum atomic E-state index is 12.9. The van der Waals surface area contributed by atoms with Crippen LogP contribution in [0.1, 0.15) is 16.1 Å². The van der Waals surface area contributed by atoms with Crippen LogP contribution in [0.4, 0.5) is 0 Å². The molecular weight excluding hydrogens is 320 g/mol. The number of rotatable bonds is 2. The maximum absolute atomic E-state index is 12.9. The van der Waals surface area contributed by atoms with Gasteiger partial charge in [0.15, 0.2) is 0 Å². The summed E-state index contributed by atoms with van der Waals surface area (Å²) in [6.07, 6.45) is 0. The Bertz CT molecular complexity index is 1220. The molecule has 0 saturated heterocycles. The second-order valence-corrected chi connectivity index (χ2v) is 5.78. The van der Waals surface area contributed by atoms with Crippen molar-refractivity contribution in [2.24, 2.45) is 0 Å². The van der Waals surface area contributed by atoms with Crippen LogP contribution < -0.4 is 10.3 Å². The molecule has 25 heavy (non-hydrogen) atoms. The Balaban J connectivity index is 2.36. The average molecular weight is 336 g/mol. The number of carbonyl (C=O) groups excluding carboxylic acids is 1. The van der Waals surface area contributed by atoms with Crippen molar-refractivity contribution < 1.29 is 14.3 Å². The van der Waals surface area contributed by atoms with Crippen LogP contribution in [0.15, 0.2) is 47.3 Å². The molecule has 0 unspecified atom stereocenters. The number of aromatic nitrogens is 2. The number of ether oxygens (including phenoxy) is 2. The summed E-state index contributed by atoms with van der Waals surface area (Å²) >= 11 is 0. The highest BCUT2D eigenvalue weighted by atomic mass is 16.5. The van der Waals surface area contributed by atoms with Crippen molar-refractivity contribution >= 4 is 27.8 Å². The molecule has 0 amide bonds. The van der Waals surface area contributed by atoms with Gasteiger partial charge in [0.25, 0.3) is 5.56 Å². The van der Waals surface area contributed by atoms with Crippen molar-refractivity contribution in [1.82, 2.24) is 9.03 Å². The van der Waals surface area contributed by atoms with E-state index in [4.69, 9.17) is 9.47 Å². The fraction of sp³-hybridized carbons (Fsp3) is 0.158. The Hall–Kier alpha value is -3.28. The lowest BCUT2D eigenvalue weighted by atomic mass is 10.1. The van der Waals surface area contributed by atoms with Crippen molar-refractivity contribution in [3.05, 3.63) is 64.1 Å². The van der Waals surface area contributed by atoms with E-state index >= 15 is 0 Å². The molecule has 0 fully saturated rings. The Kier molecular flexibility index (Phi) is 3.28. The van der Waals surface area contributed by atoms with Gasteiger partial charge in [-0.25, -0.2) is 13.8 Å². The van der Waals surface area contributed by atoms with Crippen LogP contribution in [0.25, 0.3) is 21.8 Å². The lowest BCUT2D eigenvalue weighted by Crippen LogP contribution is -2.19. The first-order valence-corrected chi connectivity index (χ1v) is 7.79. The normalized spacial score (nSPS) is 11.3. The van der Waals surface area contributed by atoms with Gasteiger partial charge in [0.2, 0.25) is 0 Å². The number of methoxy groups -OCH3 is 2. The largest absolute Gasteiger partial charge is 0.497 e. The van der Waals surface area contributed by atoms with Crippen LogP contribution in [-0.2, 0) is 4.74 Å². The zero-order valence-corrected chi connectivity index (χ0v) is 14.1. The standard InChI is InChI=1S/C19H16N2O4/c1-11-17(19(23)25-3)14-10-12(24-2)8-9-16(14)21-15-7-5-4-6-13(15)18(22)20(11)21/h4-10H,1-3H3. The van der Waals surface area contributed by atoms with Gasteiger partial charge in [-0.15, -0.1) is 0 Å². The first-order chi connectivity index (χ1) is 12.1. The Morgan fingerprint density at radius 2 is 1.68 bits per heavy atom. The van der Waals surface area contributed by atoms with E-state index in [2.05, 4.69) is 0 Å². The predicted molar refractivity (Wildman–Crippen MR) is 94.8 cm³/mol. The number of hydrogen-bond acceptors (Lipinski definition) is 4. The smallest absolute Gasteiger partial charge is 0.340 e. The highest BCUT2D eigenvalue weighted by molar-refractivity contribution is 6.05. The summed E-state index contributed by atoms with van der Waals surface area (Å²) in [6, 6.07) is 12.8. The summed E-state index contributed by atoms with van der Waals surface area (Å²) in [7, 11) is 2.90. The number of hydrogen-bond donors (Lipinski definition) is 0. The summed E-state index contributed by atoms with van der Waals surface area (Å²) < 4.78 is 13.6. The van der Waals surface area contributed by atoms with Crippen molar-refractivity contribution in [1.29, 1.82) is 0 Å². The Morgan fingerprint density at radius 3 is 2.40 bits per heavy atom. The third-order valence-electron chi connectivity index (χ3n) is 4.53. The number of aryl methyl sites for hydroxylation is 1. The third-order valence-corrected chi connectivity index (χ3v) is 4.53. The van der Waals surface area contributed by atoms with Gasteiger partial charge in [0, 0.05) is 5.39 Å². The zero-order valence-electron chi connectivity index (χ0n) is 14.1. The van der Waals surface area contributed by atoms with Gasteiger partial charge >= 0.3 is 5.97 Å². The Morgan fingerprint density at radius 1 is 0.960 bits per heavy atom. The van der Waals surface area contributed by atoms with Crippen LogP contribution >= 0.6 is 0 Å². The molecule has 0 saturated carbocycles. The van der Waals surface area contributed by atoms with Crippen LogP contribution in [0.5, 0.6) is 5.75 Å². The van der Waals surface area contributed by atoms with Gasteiger partial charge < -0.3 is 9.47 Å². The molecule has 4 rings (SSSR count). The number of fused-ring (bicyclic) bond motifs is 5. The highest BCUT2D eigenvalue weighted by Gasteiger charge is 2.22. The number of nitrogens with zero attached hydrogens (tertiary/aromatic N) is 2. The van der Waals surface area contributed by atoms with E-state index in [9.17, 15) is 9.59 Å². The minimum absolute atomic E-state index is 0.170. The monoisotopic (exact) mass is 336 g/mol. The molecule has 6 heteroatoms. The predicted octanol–water partition coefficient (Wildman–Crippen LogP) is 2.81. The van der Waals surface area contributed by atoms with Crippen molar-refractivity contribution in [2.75, 3.05) is 14.2 Å². The molecule has 0 aliphatic carbocycles. The average Bonchev–Trinajstić information content (AvgIpc) is 2.95. The van der Waals surface area contributed by atoms with Gasteiger partial charge in [0.05, 0.1) is 41.9 Å². The van der Waals surface area contributed by atoms with Crippen LogP contribution in [0.2, 0.25) is 0 Å². The van der Waals surface area contributed by atoms with Crippen molar-refractivity contribution in [3.63, 3.8) is 0 Å². The lowest BCUT2D eigenvalue weighted by Gasteiger charge is -2.14. The van der Waals surface area contributed by atoms with Gasteiger partial charge in [-0.2, -0.15) is 0 Å². The molecule has 0 aliphatic rings. The van der Waals surface area contributed by atoms with Gasteiger partial charge in [-0.3, -0.25) is 4.79 Å². The molecule has 0 radical (unpaired) electrons. The minimum atomic E-state index is -0.490. The van der Waals surface area contributed by atoms with E-state index in [0.717, 1.165) is 11.0 Å². The first kappa shape index (κ1) is 15.3. The molecule has 2 aromatic heterocycles. The van der Waals surface area contributed by atoms with Gasteiger partial charge in [-0.1, -0.05) is 12.1 Å². The van der Waals surface area contributed by atoms with E-state index < -0.39 is 5.97 Å². The van der Waals surface area contributed by atoms with Crippen molar-refractivity contribution in [2.45, 2.75) is 6.92 Å². The quantitative estimate of drug-likeness (QED) is 0.528. The van der Waals surface area contributed by atoms with Crippen molar-refractivity contribution in [3.8, 4) is 5.75 Å². The van der Waals surface area contributed by atoms with E-state index in [1.807, 2.05) is 28.8 Å². The molecule has 0 aliphatic heterocycles. The minimum Gasteiger partial charge on any atom is -0.497 e. The fourth-order valence-corrected chi connectivity index (χ4v) is 3.38. The number of para-hydroxylation sites is 1. The first-order valence-electron chi connectivity index (χ1n) is 7.79. The molecule has 4 aromatic rings. The Labute approximate surface area is 142 Å². The fourth-order valence-electron chi connectivity index (χ4n) is 3.38. The molecule has 126 valence electrons. The van der Waals surface area contributed by atoms with E-state index in [1.165, 1.54) is 11.6 Å². The molecule has 6 nitrogen and oxygen atoms in total. The van der Waals surface area contributed by atoms with Crippen LogP contribution in [0, 0.1) is 6.92 Å². The molecule has 0 bridgehead atoms. The topological polar surface area (TPSA) is 61.4 Å². The van der Waals surface area contributed by atoms with Crippen LogP contribution in [-0.4, -0.2) is 29.2 Å². The maximum Gasteiger partial charge on any atom is 0.340 e. The summed E-state index contributed by atoms with van der Waals surface area (Å²) in [5, 5.41) is 1.26. The summed E-state index contributed by atoms with van der Waals surface area (Å²) in [5.74, 6) is 0.135. The molecule has 0 N–H and O–H groups in total. The molecular formula is C19H16N2O4. The molecule has 0 atom stereocenters. The molecule has 2 aromatic carbocycles. The van der Waals surface area contributed by atoms with E-state index in [0.29, 0.717) is 27.8 Å². The highest BCUT2D eigenvalue weighted by Crippen LogP contribution is 2.28. The number of esters is 1. The molecule has 0 spiro atoms. The number of benzene rings is 2.